The minimum absolute atomic E-state index is 0.0497. The van der Waals surface area contributed by atoms with E-state index in [9.17, 15) is 4.79 Å². The van der Waals surface area contributed by atoms with Crippen molar-refractivity contribution < 1.29 is 9.53 Å². The first-order chi connectivity index (χ1) is 11.6. The van der Waals surface area contributed by atoms with Gasteiger partial charge >= 0.3 is 0 Å². The van der Waals surface area contributed by atoms with Crippen LogP contribution in [0.3, 0.4) is 0 Å². The monoisotopic (exact) mass is 325 g/mol. The van der Waals surface area contributed by atoms with E-state index in [0.717, 1.165) is 23.5 Å². The highest BCUT2D eigenvalue weighted by Crippen LogP contribution is 2.37. The standard InChI is InChI=1S/C19H23N3O2/c1-3-16-12-22(17-11-14(20)9-10-18(17)24-16)13(2)19(23)21-15-7-5-4-6-8-15/h4-11,13,16H,3,12,20H2,1-2H3,(H,21,23). The van der Waals surface area contributed by atoms with E-state index in [1.165, 1.54) is 0 Å². The lowest BCUT2D eigenvalue weighted by atomic mass is 10.1. The van der Waals surface area contributed by atoms with Crippen LogP contribution >= 0.6 is 0 Å². The predicted octanol–water partition coefficient (Wildman–Crippen LogP) is 3.27. The number of nitrogens with one attached hydrogen (secondary N) is 1. The van der Waals surface area contributed by atoms with Gasteiger partial charge in [-0.05, 0) is 43.7 Å². The van der Waals surface area contributed by atoms with Gasteiger partial charge in [-0.3, -0.25) is 4.79 Å². The van der Waals surface area contributed by atoms with Crippen LogP contribution in [0.5, 0.6) is 5.75 Å². The Morgan fingerprint density at radius 2 is 2.08 bits per heavy atom. The number of rotatable bonds is 4. The van der Waals surface area contributed by atoms with Crippen LogP contribution in [0.2, 0.25) is 0 Å². The number of ether oxygens (including phenoxy) is 1. The zero-order valence-electron chi connectivity index (χ0n) is 14.0. The molecule has 126 valence electrons. The van der Waals surface area contributed by atoms with Crippen molar-refractivity contribution in [3.05, 3.63) is 48.5 Å². The molecule has 0 radical (unpaired) electrons. The van der Waals surface area contributed by atoms with Gasteiger partial charge in [-0.15, -0.1) is 0 Å². The van der Waals surface area contributed by atoms with Gasteiger partial charge in [0.05, 0.1) is 12.2 Å². The highest BCUT2D eigenvalue weighted by Gasteiger charge is 2.31. The number of hydrogen-bond acceptors (Lipinski definition) is 4. The summed E-state index contributed by atoms with van der Waals surface area (Å²) in [6.07, 6.45) is 0.945. The lowest BCUT2D eigenvalue weighted by Gasteiger charge is -2.39. The van der Waals surface area contributed by atoms with Gasteiger partial charge in [-0.1, -0.05) is 25.1 Å². The van der Waals surface area contributed by atoms with E-state index in [1.54, 1.807) is 0 Å². The summed E-state index contributed by atoms with van der Waals surface area (Å²) < 4.78 is 5.99. The van der Waals surface area contributed by atoms with Crippen LogP contribution in [0, 0.1) is 0 Å². The molecule has 2 unspecified atom stereocenters. The summed E-state index contributed by atoms with van der Waals surface area (Å²) >= 11 is 0. The van der Waals surface area contributed by atoms with Crippen LogP contribution in [0.1, 0.15) is 20.3 Å². The number of benzene rings is 2. The highest BCUT2D eigenvalue weighted by atomic mass is 16.5. The smallest absolute Gasteiger partial charge is 0.246 e. The lowest BCUT2D eigenvalue weighted by Crippen LogP contribution is -2.49. The van der Waals surface area contributed by atoms with Crippen molar-refractivity contribution in [3.63, 3.8) is 0 Å². The van der Waals surface area contributed by atoms with Gasteiger partial charge in [-0.2, -0.15) is 0 Å². The Balaban J connectivity index is 1.84. The van der Waals surface area contributed by atoms with Crippen LogP contribution in [-0.2, 0) is 4.79 Å². The summed E-state index contributed by atoms with van der Waals surface area (Å²) in [5, 5.41) is 2.96. The first-order valence-corrected chi connectivity index (χ1v) is 8.27. The highest BCUT2D eigenvalue weighted by molar-refractivity contribution is 5.97. The second kappa shape index (κ2) is 6.83. The number of para-hydroxylation sites is 1. The maximum absolute atomic E-state index is 12.7. The Bertz CT molecular complexity index is 718. The minimum atomic E-state index is -0.330. The third kappa shape index (κ3) is 3.30. The normalized spacial score (nSPS) is 17.6. The zero-order valence-corrected chi connectivity index (χ0v) is 14.0. The van der Waals surface area contributed by atoms with Crippen molar-refractivity contribution in [1.29, 1.82) is 0 Å². The number of fused-ring (bicyclic) bond motifs is 1. The Morgan fingerprint density at radius 1 is 1.33 bits per heavy atom. The van der Waals surface area contributed by atoms with E-state index >= 15 is 0 Å². The van der Waals surface area contributed by atoms with Gasteiger partial charge < -0.3 is 20.7 Å². The van der Waals surface area contributed by atoms with Crippen molar-refractivity contribution in [3.8, 4) is 5.75 Å². The molecule has 2 atom stereocenters. The molecule has 1 aliphatic rings. The average Bonchev–Trinajstić information content (AvgIpc) is 2.61. The van der Waals surface area contributed by atoms with Crippen molar-refractivity contribution in [2.24, 2.45) is 0 Å². The molecule has 2 aromatic carbocycles. The Kier molecular flexibility index (Phi) is 4.60. The molecule has 0 saturated carbocycles. The molecule has 5 nitrogen and oxygen atoms in total. The number of nitrogen functional groups attached to an aromatic ring is 1. The van der Waals surface area contributed by atoms with E-state index in [4.69, 9.17) is 10.5 Å². The summed E-state index contributed by atoms with van der Waals surface area (Å²) in [6.45, 7) is 4.65. The Morgan fingerprint density at radius 3 is 2.79 bits per heavy atom. The molecule has 0 aliphatic carbocycles. The molecule has 1 heterocycles. The second-order valence-electron chi connectivity index (χ2n) is 6.06. The van der Waals surface area contributed by atoms with Gasteiger partial charge in [0.1, 0.15) is 17.9 Å². The number of amides is 1. The minimum Gasteiger partial charge on any atom is -0.486 e. The molecule has 0 aromatic heterocycles. The molecule has 0 fully saturated rings. The van der Waals surface area contributed by atoms with Crippen molar-refractivity contribution in [2.45, 2.75) is 32.4 Å². The predicted molar refractivity (Wildman–Crippen MR) is 97.4 cm³/mol. The summed E-state index contributed by atoms with van der Waals surface area (Å²) in [4.78, 5) is 14.7. The molecule has 2 aromatic rings. The van der Waals surface area contributed by atoms with Crippen LogP contribution < -0.4 is 20.7 Å². The van der Waals surface area contributed by atoms with Gasteiger partial charge in [0, 0.05) is 11.4 Å². The number of nitrogens with zero attached hydrogens (tertiary/aromatic N) is 1. The van der Waals surface area contributed by atoms with Crippen LogP contribution in [0.4, 0.5) is 17.1 Å². The molecule has 0 spiro atoms. The molecular weight excluding hydrogens is 302 g/mol. The third-order valence-corrected chi connectivity index (χ3v) is 4.33. The summed E-state index contributed by atoms with van der Waals surface area (Å²) in [7, 11) is 0. The van der Waals surface area contributed by atoms with Gasteiger partial charge in [0.15, 0.2) is 0 Å². The largest absolute Gasteiger partial charge is 0.486 e. The van der Waals surface area contributed by atoms with Crippen molar-refractivity contribution >= 4 is 23.0 Å². The molecule has 1 aliphatic heterocycles. The lowest BCUT2D eigenvalue weighted by molar-refractivity contribution is -0.117. The molecular formula is C19H23N3O2. The van der Waals surface area contributed by atoms with E-state index in [1.807, 2.05) is 55.5 Å². The topological polar surface area (TPSA) is 67.6 Å². The van der Waals surface area contributed by atoms with Crippen LogP contribution in [-0.4, -0.2) is 24.6 Å². The van der Waals surface area contributed by atoms with Gasteiger partial charge in [-0.25, -0.2) is 0 Å². The van der Waals surface area contributed by atoms with E-state index in [0.29, 0.717) is 12.2 Å². The maximum Gasteiger partial charge on any atom is 0.246 e. The fourth-order valence-corrected chi connectivity index (χ4v) is 2.88. The molecule has 0 bridgehead atoms. The number of anilines is 3. The van der Waals surface area contributed by atoms with E-state index < -0.39 is 0 Å². The number of carbonyl (C=O) groups is 1. The van der Waals surface area contributed by atoms with E-state index in [-0.39, 0.29) is 18.1 Å². The quantitative estimate of drug-likeness (QED) is 0.847. The summed E-state index contributed by atoms with van der Waals surface area (Å²) in [6, 6.07) is 14.7. The molecule has 24 heavy (non-hydrogen) atoms. The molecule has 3 N–H and O–H groups in total. The number of hydrogen-bond donors (Lipinski definition) is 2. The van der Waals surface area contributed by atoms with Crippen molar-refractivity contribution in [1.82, 2.24) is 0 Å². The molecule has 1 amide bonds. The van der Waals surface area contributed by atoms with Gasteiger partial charge in [0.2, 0.25) is 5.91 Å². The average molecular weight is 325 g/mol. The SMILES string of the molecule is CCC1CN(C(C)C(=O)Nc2ccccc2)c2cc(N)ccc2O1. The fraction of sp³-hybridized carbons (Fsp3) is 0.316. The Hall–Kier alpha value is -2.69. The first-order valence-electron chi connectivity index (χ1n) is 8.27. The molecule has 0 saturated heterocycles. The number of nitrogens with two attached hydrogens (primary N) is 1. The number of carbonyl (C=O) groups excluding carboxylic acids is 1. The molecule has 5 heteroatoms. The molecule has 3 rings (SSSR count). The fourth-order valence-electron chi connectivity index (χ4n) is 2.88. The van der Waals surface area contributed by atoms with E-state index in [2.05, 4.69) is 17.1 Å². The zero-order chi connectivity index (χ0) is 17.1. The Labute approximate surface area is 142 Å². The first kappa shape index (κ1) is 16.2. The third-order valence-electron chi connectivity index (χ3n) is 4.33. The van der Waals surface area contributed by atoms with Crippen LogP contribution in [0.15, 0.2) is 48.5 Å². The summed E-state index contributed by atoms with van der Waals surface area (Å²) in [5.74, 6) is 0.730. The van der Waals surface area contributed by atoms with Gasteiger partial charge in [0.25, 0.3) is 0 Å². The summed E-state index contributed by atoms with van der Waals surface area (Å²) in [5.41, 5.74) is 8.25. The second-order valence-corrected chi connectivity index (χ2v) is 6.06. The van der Waals surface area contributed by atoms with Crippen LogP contribution in [0.25, 0.3) is 0 Å². The maximum atomic E-state index is 12.7. The van der Waals surface area contributed by atoms with Crippen molar-refractivity contribution in [2.75, 3.05) is 22.5 Å².